The highest BCUT2D eigenvalue weighted by atomic mass is 16.5. The minimum Gasteiger partial charge on any atom is -0.494 e. The molecule has 0 atom stereocenters. The number of para-hydroxylation sites is 2. The van der Waals surface area contributed by atoms with Crippen LogP contribution in [0.15, 0.2) is 73.1 Å². The third kappa shape index (κ3) is 3.78. The number of hydrogen-bond donors (Lipinski definition) is 0. The van der Waals surface area contributed by atoms with Gasteiger partial charge < -0.3 is 9.30 Å². The Morgan fingerprint density at radius 1 is 1.00 bits per heavy atom. The Balaban J connectivity index is 1.55. The highest BCUT2D eigenvalue weighted by Gasteiger charge is 2.14. The summed E-state index contributed by atoms with van der Waals surface area (Å²) in [6.07, 6.45) is 4.60. The second kappa shape index (κ2) is 8.05. The van der Waals surface area contributed by atoms with Gasteiger partial charge in [0.15, 0.2) is 0 Å². The normalized spacial score (nSPS) is 10.9. The average Bonchev–Trinajstić information content (AvgIpc) is 3.20. The lowest BCUT2D eigenvalue weighted by Crippen LogP contribution is -2.11. The second-order valence-electron chi connectivity index (χ2n) is 6.57. The number of nitrogens with zero attached hydrogens (tertiary/aromatic N) is 3. The van der Waals surface area contributed by atoms with E-state index in [2.05, 4.69) is 16.9 Å². The van der Waals surface area contributed by atoms with Crippen LogP contribution >= 0.6 is 0 Å². The maximum absolute atomic E-state index is 13.0. The molecule has 2 aromatic carbocycles. The number of ketones is 1. The quantitative estimate of drug-likeness (QED) is 0.449. The van der Waals surface area contributed by atoms with Gasteiger partial charge in [0, 0.05) is 11.8 Å². The lowest BCUT2D eigenvalue weighted by atomic mass is 10.1. The number of ether oxygens (including phenoxy) is 1. The Hall–Kier alpha value is -3.47. The van der Waals surface area contributed by atoms with E-state index < -0.39 is 0 Å². The summed E-state index contributed by atoms with van der Waals surface area (Å²) < 4.78 is 7.49. The molecule has 0 aliphatic heterocycles. The van der Waals surface area contributed by atoms with Gasteiger partial charge in [-0.15, -0.1) is 0 Å². The first kappa shape index (κ1) is 17.9. The number of aromatic nitrogens is 3. The van der Waals surface area contributed by atoms with Crippen molar-refractivity contribution in [1.82, 2.24) is 14.5 Å². The highest BCUT2D eigenvalue weighted by Crippen LogP contribution is 2.17. The Morgan fingerprint density at radius 3 is 2.57 bits per heavy atom. The molecule has 0 aliphatic carbocycles. The molecule has 4 aromatic rings. The molecule has 2 heterocycles. The molecule has 2 aromatic heterocycles. The molecule has 0 spiro atoms. The maximum Gasteiger partial charge on any atom is 0.209 e. The Bertz CT molecular complexity index is 1100. The molecule has 0 aliphatic rings. The Labute approximate surface area is 163 Å². The molecule has 0 saturated heterocycles. The largest absolute Gasteiger partial charge is 0.494 e. The van der Waals surface area contributed by atoms with E-state index in [0.717, 1.165) is 28.9 Å². The molecule has 0 amide bonds. The molecule has 5 nitrogen and oxygen atoms in total. The molecule has 4 rings (SSSR count). The third-order valence-electron chi connectivity index (χ3n) is 4.48. The van der Waals surface area contributed by atoms with Crippen molar-refractivity contribution in [3.63, 3.8) is 0 Å². The first-order chi connectivity index (χ1) is 13.7. The van der Waals surface area contributed by atoms with Gasteiger partial charge in [-0.2, -0.15) is 0 Å². The van der Waals surface area contributed by atoms with Crippen LogP contribution in [-0.4, -0.2) is 26.9 Å². The summed E-state index contributed by atoms with van der Waals surface area (Å²) in [5, 5.41) is 0. The fourth-order valence-electron chi connectivity index (χ4n) is 3.07. The molecular formula is C23H21N3O2. The van der Waals surface area contributed by atoms with E-state index in [9.17, 15) is 4.79 Å². The third-order valence-corrected chi connectivity index (χ3v) is 4.48. The van der Waals surface area contributed by atoms with Gasteiger partial charge in [0.1, 0.15) is 5.75 Å². The van der Waals surface area contributed by atoms with Crippen LogP contribution in [0.5, 0.6) is 5.75 Å². The smallest absolute Gasteiger partial charge is 0.209 e. The molecule has 0 bridgehead atoms. The van der Waals surface area contributed by atoms with Crippen molar-refractivity contribution >= 4 is 16.8 Å². The first-order valence-electron chi connectivity index (χ1n) is 9.38. The van der Waals surface area contributed by atoms with Crippen LogP contribution < -0.4 is 4.74 Å². The zero-order valence-electron chi connectivity index (χ0n) is 15.7. The van der Waals surface area contributed by atoms with Gasteiger partial charge in [-0.05, 0) is 55.0 Å². The summed E-state index contributed by atoms with van der Waals surface area (Å²) in [6, 6.07) is 18.8. The monoisotopic (exact) mass is 371 g/mol. The predicted octanol–water partition coefficient (Wildman–Crippen LogP) is 4.50. The fraction of sp³-hybridized carbons (Fsp3) is 0.174. The van der Waals surface area contributed by atoms with Crippen LogP contribution in [-0.2, 0) is 6.54 Å². The van der Waals surface area contributed by atoms with Crippen molar-refractivity contribution in [2.75, 3.05) is 6.61 Å². The lowest BCUT2D eigenvalue weighted by Gasteiger charge is -2.09. The second-order valence-corrected chi connectivity index (χ2v) is 6.57. The number of carbonyl (C=O) groups excluding carboxylic acids is 1. The zero-order valence-corrected chi connectivity index (χ0v) is 15.7. The number of rotatable bonds is 7. The molecule has 28 heavy (non-hydrogen) atoms. The van der Waals surface area contributed by atoms with Gasteiger partial charge >= 0.3 is 0 Å². The van der Waals surface area contributed by atoms with Crippen molar-refractivity contribution in [2.24, 2.45) is 0 Å². The van der Waals surface area contributed by atoms with Crippen LogP contribution in [0.25, 0.3) is 11.0 Å². The van der Waals surface area contributed by atoms with Gasteiger partial charge in [-0.25, -0.2) is 4.98 Å². The summed E-state index contributed by atoms with van der Waals surface area (Å²) in [4.78, 5) is 22.1. The number of fused-ring (bicyclic) bond motifs is 1. The maximum atomic E-state index is 13.0. The van der Waals surface area contributed by atoms with Crippen molar-refractivity contribution in [1.29, 1.82) is 0 Å². The zero-order chi connectivity index (χ0) is 19.3. The van der Waals surface area contributed by atoms with Gasteiger partial charge in [-0.3, -0.25) is 9.78 Å². The van der Waals surface area contributed by atoms with E-state index >= 15 is 0 Å². The minimum absolute atomic E-state index is 0.0270. The van der Waals surface area contributed by atoms with Crippen molar-refractivity contribution in [3.8, 4) is 5.75 Å². The summed E-state index contributed by atoms with van der Waals surface area (Å²) in [5.74, 6) is 0.751. The lowest BCUT2D eigenvalue weighted by molar-refractivity contribution is 0.103. The average molecular weight is 371 g/mol. The standard InChI is InChI=1S/C23H21N3O2/c1-2-14-28-19-11-9-17(10-12-19)23(27)22-8-5-13-26(22)16-18-15-24-20-6-3-4-7-21(20)25-18/h3-13,15H,2,14,16H2,1H3. The first-order valence-corrected chi connectivity index (χ1v) is 9.38. The van der Waals surface area contributed by atoms with E-state index in [1.54, 1.807) is 18.3 Å². The van der Waals surface area contributed by atoms with E-state index in [-0.39, 0.29) is 5.78 Å². The highest BCUT2D eigenvalue weighted by molar-refractivity contribution is 6.08. The van der Waals surface area contributed by atoms with Crippen molar-refractivity contribution in [3.05, 3.63) is 90.0 Å². The molecule has 140 valence electrons. The summed E-state index contributed by atoms with van der Waals surface area (Å²) in [7, 11) is 0. The Morgan fingerprint density at radius 2 is 1.79 bits per heavy atom. The number of hydrogen-bond acceptors (Lipinski definition) is 4. The SMILES string of the molecule is CCCOc1ccc(C(=O)c2cccn2Cc2cnc3ccccc3n2)cc1. The van der Waals surface area contributed by atoms with Crippen LogP contribution in [0.4, 0.5) is 0 Å². The minimum atomic E-state index is -0.0270. The molecule has 0 N–H and O–H groups in total. The van der Waals surface area contributed by atoms with E-state index in [1.807, 2.05) is 59.3 Å². The Kier molecular flexibility index (Phi) is 5.15. The van der Waals surface area contributed by atoms with Crippen molar-refractivity contribution in [2.45, 2.75) is 19.9 Å². The molecule has 0 unspecified atom stereocenters. The van der Waals surface area contributed by atoms with Crippen LogP contribution in [0.1, 0.15) is 35.1 Å². The predicted molar refractivity (Wildman–Crippen MR) is 109 cm³/mol. The fourth-order valence-corrected chi connectivity index (χ4v) is 3.07. The van der Waals surface area contributed by atoms with E-state index in [1.165, 1.54) is 0 Å². The van der Waals surface area contributed by atoms with Gasteiger partial charge in [0.25, 0.3) is 0 Å². The van der Waals surface area contributed by atoms with Gasteiger partial charge in [0.2, 0.25) is 5.78 Å². The van der Waals surface area contributed by atoms with Gasteiger partial charge in [-0.1, -0.05) is 19.1 Å². The molecule has 0 radical (unpaired) electrons. The molecular weight excluding hydrogens is 350 g/mol. The van der Waals surface area contributed by atoms with E-state index in [0.29, 0.717) is 24.4 Å². The van der Waals surface area contributed by atoms with E-state index in [4.69, 9.17) is 4.74 Å². The summed E-state index contributed by atoms with van der Waals surface area (Å²) in [6.45, 7) is 3.22. The van der Waals surface area contributed by atoms with Crippen LogP contribution in [0, 0.1) is 0 Å². The topological polar surface area (TPSA) is 57.0 Å². The van der Waals surface area contributed by atoms with Gasteiger partial charge in [0.05, 0.1) is 41.8 Å². The van der Waals surface area contributed by atoms with Crippen LogP contribution in [0.2, 0.25) is 0 Å². The molecule has 5 heteroatoms. The van der Waals surface area contributed by atoms with Crippen LogP contribution in [0.3, 0.4) is 0 Å². The summed E-state index contributed by atoms with van der Waals surface area (Å²) >= 11 is 0. The number of benzene rings is 2. The summed E-state index contributed by atoms with van der Waals surface area (Å²) in [5.41, 5.74) is 3.78. The van der Waals surface area contributed by atoms with Crippen molar-refractivity contribution < 1.29 is 9.53 Å². The number of carbonyl (C=O) groups is 1. The molecule has 0 saturated carbocycles. The molecule has 0 fully saturated rings.